The maximum atomic E-state index is 12.2. The summed E-state index contributed by atoms with van der Waals surface area (Å²) in [7, 11) is 0. The number of hydrogen-bond acceptors (Lipinski definition) is 3. The average molecular weight is 340 g/mol. The van der Waals surface area contributed by atoms with Gasteiger partial charge in [-0.2, -0.15) is 0 Å². The minimum absolute atomic E-state index is 0.279. The number of amides is 2. The first-order valence-electron chi connectivity index (χ1n) is 8.68. The molecule has 0 aromatic heterocycles. The van der Waals surface area contributed by atoms with Crippen molar-refractivity contribution in [3.63, 3.8) is 0 Å². The zero-order valence-corrected chi connectivity index (χ0v) is 14.2. The molecule has 0 spiro atoms. The molecule has 132 valence electrons. The molecule has 0 unspecified atom stereocenters. The van der Waals surface area contributed by atoms with E-state index in [2.05, 4.69) is 10.6 Å². The van der Waals surface area contributed by atoms with Crippen LogP contribution in [0.4, 0.5) is 10.5 Å². The van der Waals surface area contributed by atoms with Crippen LogP contribution < -0.4 is 15.4 Å². The lowest BCUT2D eigenvalue weighted by Gasteiger charge is -2.22. The number of para-hydroxylation sites is 2. The first kappa shape index (κ1) is 17.3. The summed E-state index contributed by atoms with van der Waals surface area (Å²) in [5.74, 6) is 0.783. The van der Waals surface area contributed by atoms with E-state index in [4.69, 9.17) is 4.74 Å². The minimum atomic E-state index is -0.757. The maximum absolute atomic E-state index is 12.2. The highest BCUT2D eigenvalue weighted by atomic mass is 16.5. The number of aliphatic hydroxyl groups is 1. The fourth-order valence-electron chi connectivity index (χ4n) is 3.07. The van der Waals surface area contributed by atoms with Crippen LogP contribution >= 0.6 is 0 Å². The predicted octanol–water partition coefficient (Wildman–Crippen LogP) is 3.69. The quantitative estimate of drug-likeness (QED) is 0.751. The van der Waals surface area contributed by atoms with Gasteiger partial charge in [0, 0.05) is 17.8 Å². The Bertz CT molecular complexity index is 697. The lowest BCUT2D eigenvalue weighted by molar-refractivity contribution is 0.0506. The van der Waals surface area contributed by atoms with Crippen LogP contribution in [-0.4, -0.2) is 23.3 Å². The van der Waals surface area contributed by atoms with Crippen molar-refractivity contribution in [3.8, 4) is 5.75 Å². The highest BCUT2D eigenvalue weighted by molar-refractivity contribution is 5.90. The Balaban J connectivity index is 1.55. The average Bonchev–Trinajstić information content (AvgIpc) is 3.07. The molecule has 2 aromatic rings. The Morgan fingerprint density at radius 2 is 1.72 bits per heavy atom. The zero-order chi connectivity index (χ0) is 17.5. The third-order valence-electron chi connectivity index (χ3n) is 4.52. The van der Waals surface area contributed by atoms with E-state index in [0.717, 1.165) is 37.0 Å². The molecular formula is C20H24N2O3. The molecule has 0 radical (unpaired) electrons. The van der Waals surface area contributed by atoms with Crippen molar-refractivity contribution in [3.05, 3.63) is 60.2 Å². The topological polar surface area (TPSA) is 70.6 Å². The summed E-state index contributed by atoms with van der Waals surface area (Å²) in [5, 5.41) is 15.9. The number of ether oxygens (including phenoxy) is 1. The highest BCUT2D eigenvalue weighted by Gasteiger charge is 2.31. The predicted molar refractivity (Wildman–Crippen MR) is 97.7 cm³/mol. The van der Waals surface area contributed by atoms with Crippen molar-refractivity contribution >= 4 is 11.7 Å². The molecule has 2 aromatic carbocycles. The second kappa shape index (κ2) is 8.03. The van der Waals surface area contributed by atoms with Gasteiger partial charge in [-0.05, 0) is 31.0 Å². The summed E-state index contributed by atoms with van der Waals surface area (Å²) < 4.78 is 5.76. The Morgan fingerprint density at radius 1 is 1.04 bits per heavy atom. The van der Waals surface area contributed by atoms with Crippen molar-refractivity contribution < 1.29 is 14.6 Å². The van der Waals surface area contributed by atoms with Gasteiger partial charge in [0.05, 0.1) is 5.60 Å². The van der Waals surface area contributed by atoms with E-state index < -0.39 is 5.60 Å². The Hall–Kier alpha value is -2.53. The molecule has 3 N–H and O–H groups in total. The van der Waals surface area contributed by atoms with Crippen LogP contribution in [0.5, 0.6) is 5.75 Å². The van der Waals surface area contributed by atoms with Gasteiger partial charge in [0.15, 0.2) is 0 Å². The van der Waals surface area contributed by atoms with Crippen LogP contribution in [0.25, 0.3) is 0 Å². The molecule has 0 bridgehead atoms. The summed E-state index contributed by atoms with van der Waals surface area (Å²) in [6.45, 7) is 0.645. The normalized spacial score (nSPS) is 15.6. The maximum Gasteiger partial charge on any atom is 0.319 e. The SMILES string of the molecule is O=C(NCC1(O)CCCC1)Nc1ccccc1COc1ccccc1. The van der Waals surface area contributed by atoms with Crippen molar-refractivity contribution in [1.29, 1.82) is 0 Å². The number of nitrogens with one attached hydrogen (secondary N) is 2. The molecule has 5 nitrogen and oxygen atoms in total. The molecule has 0 aliphatic heterocycles. The third-order valence-corrected chi connectivity index (χ3v) is 4.52. The molecule has 3 rings (SSSR count). The van der Waals surface area contributed by atoms with Crippen molar-refractivity contribution in [2.24, 2.45) is 0 Å². The Kier molecular flexibility index (Phi) is 5.56. The lowest BCUT2D eigenvalue weighted by atomic mass is 10.0. The van der Waals surface area contributed by atoms with Crippen molar-refractivity contribution in [2.45, 2.75) is 37.9 Å². The highest BCUT2D eigenvalue weighted by Crippen LogP contribution is 2.28. The zero-order valence-electron chi connectivity index (χ0n) is 14.2. The molecule has 1 aliphatic rings. The van der Waals surface area contributed by atoms with Gasteiger partial charge in [-0.3, -0.25) is 0 Å². The smallest absolute Gasteiger partial charge is 0.319 e. The summed E-state index contributed by atoms with van der Waals surface area (Å²) in [6.07, 6.45) is 3.52. The Morgan fingerprint density at radius 3 is 2.48 bits per heavy atom. The lowest BCUT2D eigenvalue weighted by Crippen LogP contribution is -2.42. The number of anilines is 1. The molecule has 1 aliphatic carbocycles. The molecule has 0 heterocycles. The third kappa shape index (κ3) is 4.97. The van der Waals surface area contributed by atoms with Gasteiger partial charge in [-0.15, -0.1) is 0 Å². The fourth-order valence-corrected chi connectivity index (χ4v) is 3.07. The van der Waals surface area contributed by atoms with Crippen LogP contribution in [0, 0.1) is 0 Å². The van der Waals surface area contributed by atoms with E-state index in [1.54, 1.807) is 0 Å². The molecule has 25 heavy (non-hydrogen) atoms. The number of benzene rings is 2. The summed E-state index contributed by atoms with van der Waals surface area (Å²) in [6, 6.07) is 16.8. The van der Waals surface area contributed by atoms with E-state index in [-0.39, 0.29) is 12.6 Å². The number of carbonyl (C=O) groups is 1. The molecule has 1 saturated carbocycles. The molecule has 2 amide bonds. The number of hydrogen-bond donors (Lipinski definition) is 3. The molecular weight excluding hydrogens is 316 g/mol. The van der Waals surface area contributed by atoms with Gasteiger partial charge in [-0.25, -0.2) is 4.79 Å². The summed E-state index contributed by atoms with van der Waals surface area (Å²) in [5.41, 5.74) is 0.836. The van der Waals surface area contributed by atoms with E-state index >= 15 is 0 Å². The van der Waals surface area contributed by atoms with Crippen LogP contribution in [0.3, 0.4) is 0 Å². The van der Waals surface area contributed by atoms with E-state index in [1.807, 2.05) is 54.6 Å². The van der Waals surface area contributed by atoms with Crippen LogP contribution in [-0.2, 0) is 6.61 Å². The Labute approximate surface area is 148 Å². The van der Waals surface area contributed by atoms with Crippen LogP contribution in [0.15, 0.2) is 54.6 Å². The fraction of sp³-hybridized carbons (Fsp3) is 0.350. The van der Waals surface area contributed by atoms with E-state index in [1.165, 1.54) is 0 Å². The number of carbonyl (C=O) groups excluding carboxylic acids is 1. The second-order valence-electron chi connectivity index (χ2n) is 6.50. The standard InChI is InChI=1S/C20H24N2O3/c23-19(21-15-20(24)12-6-7-13-20)22-18-11-5-4-8-16(18)14-25-17-9-2-1-3-10-17/h1-5,8-11,24H,6-7,12-15H2,(H2,21,22,23). The van der Waals surface area contributed by atoms with Crippen LogP contribution in [0.2, 0.25) is 0 Å². The monoisotopic (exact) mass is 340 g/mol. The van der Waals surface area contributed by atoms with Gasteiger partial charge in [0.1, 0.15) is 12.4 Å². The van der Waals surface area contributed by atoms with Gasteiger partial charge in [0.2, 0.25) is 0 Å². The minimum Gasteiger partial charge on any atom is -0.489 e. The first-order chi connectivity index (χ1) is 12.1. The molecule has 1 fully saturated rings. The van der Waals surface area contributed by atoms with Gasteiger partial charge in [0.25, 0.3) is 0 Å². The molecule has 0 atom stereocenters. The van der Waals surface area contributed by atoms with Crippen molar-refractivity contribution in [1.82, 2.24) is 5.32 Å². The largest absolute Gasteiger partial charge is 0.489 e. The van der Waals surface area contributed by atoms with Gasteiger partial charge in [-0.1, -0.05) is 49.2 Å². The van der Waals surface area contributed by atoms with E-state index in [9.17, 15) is 9.90 Å². The van der Waals surface area contributed by atoms with Gasteiger partial charge >= 0.3 is 6.03 Å². The number of urea groups is 1. The van der Waals surface area contributed by atoms with Crippen LogP contribution in [0.1, 0.15) is 31.2 Å². The number of rotatable bonds is 6. The molecule has 5 heteroatoms. The second-order valence-corrected chi connectivity index (χ2v) is 6.50. The summed E-state index contributed by atoms with van der Waals surface area (Å²) >= 11 is 0. The summed E-state index contributed by atoms with van der Waals surface area (Å²) in [4.78, 5) is 12.2. The van der Waals surface area contributed by atoms with Gasteiger partial charge < -0.3 is 20.5 Å². The molecule has 0 saturated heterocycles. The van der Waals surface area contributed by atoms with Crippen molar-refractivity contribution in [2.75, 3.05) is 11.9 Å². The van der Waals surface area contributed by atoms with E-state index in [0.29, 0.717) is 12.3 Å². The first-order valence-corrected chi connectivity index (χ1v) is 8.68.